The number of hydrogen-bond acceptors (Lipinski definition) is 4. The molecule has 1 N–H and O–H groups in total. The number of nitrogens with one attached hydrogen (secondary N) is 1. The Balaban J connectivity index is 0.00000243. The first-order valence-corrected chi connectivity index (χ1v) is 11.2. The van der Waals surface area contributed by atoms with Crippen LogP contribution in [0.25, 0.3) is 0 Å². The number of guanidine groups is 1. The number of halogens is 1. The van der Waals surface area contributed by atoms with E-state index in [0.29, 0.717) is 0 Å². The van der Waals surface area contributed by atoms with E-state index in [2.05, 4.69) is 47.6 Å². The minimum atomic E-state index is 0. The van der Waals surface area contributed by atoms with Gasteiger partial charge in [0.1, 0.15) is 0 Å². The van der Waals surface area contributed by atoms with Crippen molar-refractivity contribution in [2.24, 2.45) is 16.8 Å². The first kappa shape index (κ1) is 22.6. The molecule has 0 saturated carbocycles. The lowest BCUT2D eigenvalue weighted by Gasteiger charge is -2.42. The Labute approximate surface area is 181 Å². The number of rotatable bonds is 4. The molecule has 0 aromatic heterocycles. The van der Waals surface area contributed by atoms with E-state index >= 15 is 0 Å². The van der Waals surface area contributed by atoms with Crippen LogP contribution in [0.2, 0.25) is 0 Å². The third kappa shape index (κ3) is 5.64. The molecule has 0 aromatic carbocycles. The van der Waals surface area contributed by atoms with Crippen molar-refractivity contribution >= 4 is 41.7 Å². The van der Waals surface area contributed by atoms with Gasteiger partial charge >= 0.3 is 0 Å². The van der Waals surface area contributed by atoms with E-state index in [0.717, 1.165) is 70.3 Å². The number of nitrogens with zero attached hydrogens (tertiary/aromatic N) is 3. The van der Waals surface area contributed by atoms with Crippen molar-refractivity contribution in [2.45, 2.75) is 39.2 Å². The van der Waals surface area contributed by atoms with Crippen LogP contribution < -0.4 is 5.32 Å². The SMILES string of the molecule is CCNC(=NCC1(N2CCOCC2)CCSC1)N1CC(C)CC(C)C1.I. The summed E-state index contributed by atoms with van der Waals surface area (Å²) in [5.41, 5.74) is 0.238. The van der Waals surface area contributed by atoms with E-state index in [1.54, 1.807) is 0 Å². The first-order valence-electron chi connectivity index (χ1n) is 10.1. The summed E-state index contributed by atoms with van der Waals surface area (Å²) in [5.74, 6) is 5.11. The van der Waals surface area contributed by atoms with Gasteiger partial charge in [-0.3, -0.25) is 9.89 Å². The molecule has 3 unspecified atom stereocenters. The molecule has 3 aliphatic rings. The molecule has 3 heterocycles. The van der Waals surface area contributed by atoms with Gasteiger partial charge in [0.05, 0.1) is 25.3 Å². The van der Waals surface area contributed by atoms with Gasteiger partial charge in [-0.1, -0.05) is 13.8 Å². The monoisotopic (exact) mass is 496 g/mol. The molecule has 3 fully saturated rings. The molecule has 0 aromatic rings. The second-order valence-electron chi connectivity index (χ2n) is 8.15. The molecule has 3 aliphatic heterocycles. The third-order valence-electron chi connectivity index (χ3n) is 5.79. The summed E-state index contributed by atoms with van der Waals surface area (Å²) in [6.45, 7) is 14.9. The lowest BCUT2D eigenvalue weighted by Crippen LogP contribution is -2.56. The van der Waals surface area contributed by atoms with Crippen LogP contribution in [0.4, 0.5) is 0 Å². The van der Waals surface area contributed by atoms with E-state index in [9.17, 15) is 0 Å². The zero-order valence-corrected chi connectivity index (χ0v) is 19.9. The molecule has 0 bridgehead atoms. The molecule has 0 spiro atoms. The fourth-order valence-electron chi connectivity index (χ4n) is 4.59. The lowest BCUT2D eigenvalue weighted by atomic mass is 9.92. The molecule has 0 aliphatic carbocycles. The van der Waals surface area contributed by atoms with Gasteiger partial charge in [0.15, 0.2) is 5.96 Å². The molecular weight excluding hydrogens is 459 g/mol. The van der Waals surface area contributed by atoms with Gasteiger partial charge in [0.25, 0.3) is 0 Å². The molecule has 3 rings (SSSR count). The summed E-state index contributed by atoms with van der Waals surface area (Å²) in [6.07, 6.45) is 2.59. The van der Waals surface area contributed by atoms with Crippen LogP contribution in [-0.2, 0) is 4.74 Å². The van der Waals surface area contributed by atoms with Crippen molar-refractivity contribution in [3.8, 4) is 0 Å². The number of aliphatic imine (C=N–C) groups is 1. The Morgan fingerprint density at radius 1 is 1.23 bits per heavy atom. The van der Waals surface area contributed by atoms with Crippen LogP contribution in [0, 0.1) is 11.8 Å². The smallest absolute Gasteiger partial charge is 0.193 e. The van der Waals surface area contributed by atoms with Crippen molar-refractivity contribution in [3.05, 3.63) is 0 Å². The molecule has 0 radical (unpaired) electrons. The minimum absolute atomic E-state index is 0. The maximum absolute atomic E-state index is 5.58. The average molecular weight is 497 g/mol. The molecule has 26 heavy (non-hydrogen) atoms. The number of thioether (sulfide) groups is 1. The topological polar surface area (TPSA) is 40.1 Å². The second-order valence-corrected chi connectivity index (χ2v) is 9.25. The van der Waals surface area contributed by atoms with Gasteiger partial charge < -0.3 is 15.0 Å². The van der Waals surface area contributed by atoms with Gasteiger partial charge in [-0.15, -0.1) is 24.0 Å². The zero-order valence-electron chi connectivity index (χ0n) is 16.7. The van der Waals surface area contributed by atoms with Crippen LogP contribution in [0.5, 0.6) is 0 Å². The fourth-order valence-corrected chi connectivity index (χ4v) is 6.06. The highest BCUT2D eigenvalue weighted by Gasteiger charge is 2.40. The summed E-state index contributed by atoms with van der Waals surface area (Å²) in [7, 11) is 0. The summed E-state index contributed by atoms with van der Waals surface area (Å²) >= 11 is 2.09. The Kier molecular flexibility index (Phi) is 9.30. The fraction of sp³-hybridized carbons (Fsp3) is 0.947. The predicted octanol–water partition coefficient (Wildman–Crippen LogP) is 2.76. The Morgan fingerprint density at radius 2 is 1.92 bits per heavy atom. The van der Waals surface area contributed by atoms with Gasteiger partial charge in [-0.05, 0) is 37.4 Å². The van der Waals surface area contributed by atoms with E-state index in [4.69, 9.17) is 9.73 Å². The van der Waals surface area contributed by atoms with Crippen LogP contribution in [-0.4, -0.2) is 85.3 Å². The van der Waals surface area contributed by atoms with E-state index in [-0.39, 0.29) is 29.5 Å². The van der Waals surface area contributed by atoms with E-state index in [1.807, 2.05) is 0 Å². The Hall–Kier alpha value is 0.270. The van der Waals surface area contributed by atoms with E-state index in [1.165, 1.54) is 24.3 Å². The van der Waals surface area contributed by atoms with Crippen molar-refractivity contribution < 1.29 is 4.74 Å². The molecule has 0 amide bonds. The van der Waals surface area contributed by atoms with Crippen LogP contribution >= 0.6 is 35.7 Å². The maximum Gasteiger partial charge on any atom is 0.193 e. The number of morpholine rings is 1. The summed E-state index contributed by atoms with van der Waals surface area (Å²) in [6, 6.07) is 0. The van der Waals surface area contributed by atoms with Crippen LogP contribution in [0.15, 0.2) is 4.99 Å². The number of hydrogen-bond donors (Lipinski definition) is 1. The summed E-state index contributed by atoms with van der Waals surface area (Å²) in [5, 5.41) is 3.56. The quantitative estimate of drug-likeness (QED) is 0.368. The zero-order chi connectivity index (χ0) is 17.7. The minimum Gasteiger partial charge on any atom is -0.379 e. The highest BCUT2D eigenvalue weighted by molar-refractivity contribution is 14.0. The molecular formula is C19H37IN4OS. The molecule has 5 nitrogen and oxygen atoms in total. The van der Waals surface area contributed by atoms with Gasteiger partial charge in [-0.25, -0.2) is 0 Å². The van der Waals surface area contributed by atoms with Crippen LogP contribution in [0.1, 0.15) is 33.6 Å². The van der Waals surface area contributed by atoms with Crippen molar-refractivity contribution in [1.29, 1.82) is 0 Å². The maximum atomic E-state index is 5.58. The normalized spacial score (nSPS) is 33.8. The van der Waals surface area contributed by atoms with Crippen molar-refractivity contribution in [3.63, 3.8) is 0 Å². The molecule has 152 valence electrons. The Morgan fingerprint density at radius 3 is 2.50 bits per heavy atom. The number of likely N-dealkylation sites (tertiary alicyclic amines) is 1. The van der Waals surface area contributed by atoms with Gasteiger partial charge in [0, 0.05) is 38.5 Å². The number of piperidine rings is 1. The Bertz CT molecular complexity index is 443. The van der Waals surface area contributed by atoms with Crippen molar-refractivity contribution in [1.82, 2.24) is 15.1 Å². The molecule has 7 heteroatoms. The molecule has 3 atom stereocenters. The number of ether oxygens (including phenoxy) is 1. The standard InChI is InChI=1S/C19H36N4OS.HI/c1-4-20-18(22-12-16(2)11-17(3)13-22)21-14-19(5-10-25-15-19)23-6-8-24-9-7-23;/h16-17H,4-15H2,1-3H3,(H,20,21);1H. The first-order chi connectivity index (χ1) is 12.1. The highest BCUT2D eigenvalue weighted by Crippen LogP contribution is 2.34. The predicted molar refractivity (Wildman–Crippen MR) is 123 cm³/mol. The second kappa shape index (κ2) is 10.7. The van der Waals surface area contributed by atoms with Gasteiger partial charge in [0.2, 0.25) is 0 Å². The summed E-state index contributed by atoms with van der Waals surface area (Å²) < 4.78 is 5.58. The summed E-state index contributed by atoms with van der Waals surface area (Å²) in [4.78, 5) is 10.3. The van der Waals surface area contributed by atoms with Crippen LogP contribution in [0.3, 0.4) is 0 Å². The van der Waals surface area contributed by atoms with E-state index < -0.39 is 0 Å². The average Bonchev–Trinajstić information content (AvgIpc) is 3.09. The van der Waals surface area contributed by atoms with Gasteiger partial charge in [-0.2, -0.15) is 11.8 Å². The van der Waals surface area contributed by atoms with Crippen molar-refractivity contribution in [2.75, 3.05) is 64.0 Å². The lowest BCUT2D eigenvalue weighted by molar-refractivity contribution is -0.0105. The molecule has 3 saturated heterocycles. The largest absolute Gasteiger partial charge is 0.379 e. The highest BCUT2D eigenvalue weighted by atomic mass is 127. The third-order valence-corrected chi connectivity index (χ3v) is 7.03.